The van der Waals surface area contributed by atoms with Crippen LogP contribution in [-0.2, 0) is 9.47 Å². The molecule has 3 nitrogen and oxygen atoms in total. The monoisotopic (exact) mass is 255 g/mol. The zero-order valence-electron chi connectivity index (χ0n) is 9.82. The standard InChI is InChI=1S/C13H18ClNO2/c14-12-2-1-3-13(8-12)15-5-7-17-10-11-4-6-16-9-11/h1-3,8,11,15H,4-7,9-10H2. The minimum Gasteiger partial charge on any atom is -0.383 e. The maximum Gasteiger partial charge on any atom is 0.0639 e. The second-order valence-electron chi connectivity index (χ2n) is 4.24. The van der Waals surface area contributed by atoms with Gasteiger partial charge in [-0.2, -0.15) is 0 Å². The van der Waals surface area contributed by atoms with Gasteiger partial charge in [0.2, 0.25) is 0 Å². The minimum absolute atomic E-state index is 0.584. The number of halogens is 1. The summed E-state index contributed by atoms with van der Waals surface area (Å²) in [5, 5.41) is 4.02. The summed E-state index contributed by atoms with van der Waals surface area (Å²) in [7, 11) is 0. The number of benzene rings is 1. The molecule has 0 radical (unpaired) electrons. The third kappa shape index (κ3) is 4.54. The van der Waals surface area contributed by atoms with E-state index in [-0.39, 0.29) is 0 Å². The summed E-state index contributed by atoms with van der Waals surface area (Å²) in [5.41, 5.74) is 1.03. The Labute approximate surface area is 107 Å². The third-order valence-corrected chi connectivity index (χ3v) is 3.01. The lowest BCUT2D eigenvalue weighted by molar-refractivity contribution is 0.0965. The highest BCUT2D eigenvalue weighted by molar-refractivity contribution is 6.30. The van der Waals surface area contributed by atoms with Crippen molar-refractivity contribution >= 4 is 17.3 Å². The van der Waals surface area contributed by atoms with E-state index in [9.17, 15) is 0 Å². The summed E-state index contributed by atoms with van der Waals surface area (Å²) in [5.74, 6) is 0.584. The molecule has 1 aliphatic heterocycles. The minimum atomic E-state index is 0.584. The molecular weight excluding hydrogens is 238 g/mol. The summed E-state index contributed by atoms with van der Waals surface area (Å²) in [6.07, 6.45) is 1.13. The first-order valence-corrected chi connectivity index (χ1v) is 6.37. The molecule has 1 aromatic carbocycles. The van der Waals surface area contributed by atoms with Crippen LogP contribution in [0, 0.1) is 5.92 Å². The molecule has 0 aromatic heterocycles. The van der Waals surface area contributed by atoms with Crippen molar-refractivity contribution in [1.29, 1.82) is 0 Å². The predicted octanol–water partition coefficient (Wildman–Crippen LogP) is 2.81. The normalized spacial score (nSPS) is 19.5. The molecule has 1 atom stereocenters. The maximum atomic E-state index is 5.89. The fraction of sp³-hybridized carbons (Fsp3) is 0.538. The van der Waals surface area contributed by atoms with Crippen LogP contribution in [0.25, 0.3) is 0 Å². The summed E-state index contributed by atoms with van der Waals surface area (Å²) >= 11 is 5.89. The van der Waals surface area contributed by atoms with Crippen LogP contribution in [0.2, 0.25) is 5.02 Å². The van der Waals surface area contributed by atoms with Crippen LogP contribution >= 0.6 is 11.6 Å². The SMILES string of the molecule is Clc1cccc(NCCOCC2CCOC2)c1. The maximum absolute atomic E-state index is 5.89. The van der Waals surface area contributed by atoms with Crippen LogP contribution in [0.4, 0.5) is 5.69 Å². The zero-order chi connectivity index (χ0) is 11.9. The van der Waals surface area contributed by atoms with Gasteiger partial charge in [0, 0.05) is 29.8 Å². The van der Waals surface area contributed by atoms with Gasteiger partial charge in [0.15, 0.2) is 0 Å². The molecule has 0 aliphatic carbocycles. The molecule has 2 rings (SSSR count). The molecule has 1 heterocycles. The van der Waals surface area contributed by atoms with Crippen LogP contribution < -0.4 is 5.32 Å². The Morgan fingerprint density at radius 1 is 1.47 bits per heavy atom. The predicted molar refractivity (Wildman–Crippen MR) is 69.7 cm³/mol. The molecule has 0 bridgehead atoms. The topological polar surface area (TPSA) is 30.5 Å². The van der Waals surface area contributed by atoms with Crippen molar-refractivity contribution in [2.45, 2.75) is 6.42 Å². The average Bonchev–Trinajstić information content (AvgIpc) is 2.82. The number of ether oxygens (including phenoxy) is 2. The fourth-order valence-electron chi connectivity index (χ4n) is 1.83. The first kappa shape index (κ1) is 12.7. The van der Waals surface area contributed by atoms with Crippen molar-refractivity contribution < 1.29 is 9.47 Å². The number of rotatable bonds is 6. The molecule has 0 spiro atoms. The smallest absolute Gasteiger partial charge is 0.0639 e. The Morgan fingerprint density at radius 3 is 3.18 bits per heavy atom. The highest BCUT2D eigenvalue weighted by atomic mass is 35.5. The van der Waals surface area contributed by atoms with Crippen molar-refractivity contribution in [2.24, 2.45) is 5.92 Å². The Bertz CT molecular complexity index is 340. The van der Waals surface area contributed by atoms with E-state index in [0.29, 0.717) is 12.5 Å². The van der Waals surface area contributed by atoms with Crippen molar-refractivity contribution in [3.63, 3.8) is 0 Å². The lowest BCUT2D eigenvalue weighted by Crippen LogP contribution is -2.14. The molecule has 1 aliphatic rings. The van der Waals surface area contributed by atoms with Gasteiger partial charge >= 0.3 is 0 Å². The molecule has 1 aromatic rings. The van der Waals surface area contributed by atoms with Crippen molar-refractivity contribution in [2.75, 3.05) is 38.3 Å². The molecule has 0 amide bonds. The van der Waals surface area contributed by atoms with Gasteiger partial charge in [0.05, 0.1) is 19.8 Å². The van der Waals surface area contributed by atoms with Gasteiger partial charge in [-0.15, -0.1) is 0 Å². The van der Waals surface area contributed by atoms with E-state index in [4.69, 9.17) is 21.1 Å². The number of nitrogens with one attached hydrogen (secondary N) is 1. The van der Waals surface area contributed by atoms with Crippen LogP contribution in [0.5, 0.6) is 0 Å². The van der Waals surface area contributed by atoms with Crippen LogP contribution in [0.1, 0.15) is 6.42 Å². The zero-order valence-corrected chi connectivity index (χ0v) is 10.6. The van der Waals surface area contributed by atoms with Gasteiger partial charge in [-0.25, -0.2) is 0 Å². The van der Waals surface area contributed by atoms with E-state index in [1.807, 2.05) is 24.3 Å². The molecule has 17 heavy (non-hydrogen) atoms. The highest BCUT2D eigenvalue weighted by Gasteiger charge is 2.14. The van der Waals surface area contributed by atoms with Crippen molar-refractivity contribution in [3.8, 4) is 0 Å². The fourth-order valence-corrected chi connectivity index (χ4v) is 2.02. The largest absolute Gasteiger partial charge is 0.383 e. The Kier molecular flexibility index (Phi) is 5.10. The molecule has 1 N–H and O–H groups in total. The van der Waals surface area contributed by atoms with E-state index < -0.39 is 0 Å². The Hall–Kier alpha value is -0.770. The molecule has 1 unspecified atom stereocenters. The van der Waals surface area contributed by atoms with Crippen molar-refractivity contribution in [3.05, 3.63) is 29.3 Å². The molecule has 1 fully saturated rings. The first-order valence-electron chi connectivity index (χ1n) is 5.99. The molecule has 94 valence electrons. The van der Waals surface area contributed by atoms with Gasteiger partial charge in [0.1, 0.15) is 0 Å². The van der Waals surface area contributed by atoms with Gasteiger partial charge in [0.25, 0.3) is 0 Å². The lowest BCUT2D eigenvalue weighted by Gasteiger charge is -2.10. The molecule has 4 heteroatoms. The summed E-state index contributed by atoms with van der Waals surface area (Å²) in [6.45, 7) is 4.05. The van der Waals surface area contributed by atoms with E-state index in [0.717, 1.165) is 43.5 Å². The van der Waals surface area contributed by atoms with E-state index >= 15 is 0 Å². The molecule has 0 saturated carbocycles. The molecule has 1 saturated heterocycles. The van der Waals surface area contributed by atoms with E-state index in [1.54, 1.807) is 0 Å². The van der Waals surface area contributed by atoms with Gasteiger partial charge in [-0.3, -0.25) is 0 Å². The number of hydrogen-bond donors (Lipinski definition) is 1. The second-order valence-corrected chi connectivity index (χ2v) is 4.68. The van der Waals surface area contributed by atoms with E-state index in [1.165, 1.54) is 0 Å². The quantitative estimate of drug-likeness (QED) is 0.793. The second kappa shape index (κ2) is 6.84. The van der Waals surface area contributed by atoms with Gasteiger partial charge in [-0.05, 0) is 24.6 Å². The van der Waals surface area contributed by atoms with Crippen LogP contribution in [0.3, 0.4) is 0 Å². The summed E-state index contributed by atoms with van der Waals surface area (Å²) in [4.78, 5) is 0. The third-order valence-electron chi connectivity index (χ3n) is 2.78. The highest BCUT2D eigenvalue weighted by Crippen LogP contribution is 2.14. The van der Waals surface area contributed by atoms with Crippen LogP contribution in [0.15, 0.2) is 24.3 Å². The Balaban J connectivity index is 1.56. The van der Waals surface area contributed by atoms with Gasteiger partial charge in [-0.1, -0.05) is 17.7 Å². The van der Waals surface area contributed by atoms with E-state index in [2.05, 4.69) is 5.32 Å². The Morgan fingerprint density at radius 2 is 2.41 bits per heavy atom. The average molecular weight is 256 g/mol. The van der Waals surface area contributed by atoms with Crippen LogP contribution in [-0.4, -0.2) is 33.0 Å². The molecular formula is C13H18ClNO2. The summed E-state index contributed by atoms with van der Waals surface area (Å²) < 4.78 is 10.9. The summed E-state index contributed by atoms with van der Waals surface area (Å²) in [6, 6.07) is 7.70. The van der Waals surface area contributed by atoms with Crippen molar-refractivity contribution in [1.82, 2.24) is 0 Å². The number of hydrogen-bond acceptors (Lipinski definition) is 3. The van der Waals surface area contributed by atoms with Gasteiger partial charge < -0.3 is 14.8 Å². The number of anilines is 1. The lowest BCUT2D eigenvalue weighted by atomic mass is 10.1. The first-order chi connectivity index (χ1) is 8.34.